The summed E-state index contributed by atoms with van der Waals surface area (Å²) < 4.78 is 0. The zero-order valence-electron chi connectivity index (χ0n) is 13.8. The molecule has 0 bridgehead atoms. The van der Waals surface area contributed by atoms with Crippen LogP contribution in [0.15, 0.2) is 12.2 Å². The number of unbranched alkanes of at least 4 members (excludes halogenated alkanes) is 11. The predicted molar refractivity (Wildman–Crippen MR) is 95.6 cm³/mol. The van der Waals surface area contributed by atoms with Gasteiger partial charge in [-0.3, -0.25) is 4.79 Å². The van der Waals surface area contributed by atoms with Gasteiger partial charge in [0, 0.05) is 23.5 Å². The predicted octanol–water partition coefficient (Wildman–Crippen LogP) is 5.19. The summed E-state index contributed by atoms with van der Waals surface area (Å²) in [5.74, 6) is -0.664. The van der Waals surface area contributed by atoms with Crippen molar-refractivity contribution in [3.05, 3.63) is 12.2 Å². The molecule has 0 aliphatic heterocycles. The zero-order chi connectivity index (χ0) is 14.9. The van der Waals surface area contributed by atoms with E-state index in [2.05, 4.69) is 19.1 Å². The molecule has 4 heteroatoms. The molecule has 0 spiro atoms. The fourth-order valence-electron chi connectivity index (χ4n) is 2.35. The molecule has 0 amide bonds. The van der Waals surface area contributed by atoms with Crippen LogP contribution < -0.4 is 0 Å². The van der Waals surface area contributed by atoms with Crippen molar-refractivity contribution in [1.29, 1.82) is 0 Å². The maximum absolute atomic E-state index is 10.3. The van der Waals surface area contributed by atoms with Crippen LogP contribution in [0, 0.1) is 0 Å². The van der Waals surface area contributed by atoms with E-state index in [1.165, 1.54) is 70.6 Å². The van der Waals surface area contributed by atoms with Crippen LogP contribution in [0.25, 0.3) is 0 Å². The van der Waals surface area contributed by atoms with E-state index in [9.17, 15) is 4.79 Å². The molecule has 0 fully saturated rings. The van der Waals surface area contributed by atoms with Crippen molar-refractivity contribution in [1.82, 2.24) is 0 Å². The molecule has 0 aliphatic carbocycles. The Morgan fingerprint density at radius 2 is 1.18 bits per heavy atom. The van der Waals surface area contributed by atoms with E-state index in [0.717, 1.165) is 12.8 Å². The van der Waals surface area contributed by atoms with E-state index in [-0.39, 0.29) is 40.1 Å². The maximum atomic E-state index is 10.3. The first-order valence-electron chi connectivity index (χ1n) is 8.64. The monoisotopic (exact) mass is 364 g/mol. The maximum Gasteiger partial charge on any atom is 0.316 e. The first-order valence-corrected chi connectivity index (χ1v) is 8.64. The zero-order valence-corrected chi connectivity index (χ0v) is 14.9. The minimum atomic E-state index is -0.664. The molecule has 0 aromatic carbocycles. The third kappa shape index (κ3) is 25.4. The van der Waals surface area contributed by atoms with Gasteiger partial charge in [-0.25, -0.2) is 0 Å². The molecule has 0 atom stereocenters. The van der Waals surface area contributed by atoms with Crippen molar-refractivity contribution in [2.45, 2.75) is 96.8 Å². The summed E-state index contributed by atoms with van der Waals surface area (Å²) in [5, 5.41) is 8.51. The number of carbonyl (C=O) groups is 1. The molecule has 22 heavy (non-hydrogen) atoms. The first kappa shape index (κ1) is 27.3. The Kier molecular flexibility index (Phi) is 29.5. The van der Waals surface area contributed by atoms with Crippen molar-refractivity contribution in [2.24, 2.45) is 0 Å². The van der Waals surface area contributed by atoms with Crippen molar-refractivity contribution in [2.75, 3.05) is 0 Å². The third-order valence-electron chi connectivity index (χ3n) is 3.65. The number of carboxylic acids is 1. The fraction of sp³-hybridized carbons (Fsp3) is 0.833. The molecule has 0 saturated heterocycles. The van der Waals surface area contributed by atoms with Gasteiger partial charge in [-0.15, -0.1) is 0 Å². The molecule has 2 nitrogen and oxygen atoms in total. The van der Waals surface area contributed by atoms with Gasteiger partial charge in [-0.1, -0.05) is 70.4 Å². The van der Waals surface area contributed by atoms with Gasteiger partial charge in [0.05, 0.1) is 0 Å². The summed E-state index contributed by atoms with van der Waals surface area (Å²) in [6.45, 7) is 2.26. The molecule has 1 N–H and O–H groups in total. The van der Waals surface area contributed by atoms with Crippen LogP contribution in [0.3, 0.4) is 0 Å². The smallest absolute Gasteiger partial charge is 0.316 e. The van der Waals surface area contributed by atoms with Crippen LogP contribution in [0.1, 0.15) is 96.8 Å². The van der Waals surface area contributed by atoms with Crippen LogP contribution in [0.2, 0.25) is 0 Å². The van der Waals surface area contributed by atoms with Gasteiger partial charge in [0.15, 0.2) is 0 Å². The summed E-state index contributed by atoms with van der Waals surface area (Å²) in [7, 11) is 0. The molecule has 0 aromatic rings. The van der Waals surface area contributed by atoms with E-state index in [1.807, 2.05) is 0 Å². The van der Waals surface area contributed by atoms with E-state index in [0.29, 0.717) is 6.42 Å². The Bertz CT molecular complexity index is 245. The summed E-state index contributed by atoms with van der Waals surface area (Å²) >= 11 is 0. The summed E-state index contributed by atoms with van der Waals surface area (Å²) in [4.78, 5) is 10.3. The summed E-state index contributed by atoms with van der Waals surface area (Å²) in [6, 6.07) is 0. The van der Waals surface area contributed by atoms with Gasteiger partial charge in [-0.05, 0) is 32.1 Å². The van der Waals surface area contributed by atoms with E-state index >= 15 is 0 Å². The molecule has 0 heterocycles. The summed E-state index contributed by atoms with van der Waals surface area (Å²) in [5.41, 5.74) is 0. The molecular formula is C18H36FeMgO2. The average Bonchev–Trinajstić information content (AvgIpc) is 2.43. The van der Waals surface area contributed by atoms with Crippen molar-refractivity contribution < 1.29 is 27.0 Å². The first-order chi connectivity index (χ1) is 9.77. The molecule has 0 saturated carbocycles. The average molecular weight is 365 g/mol. The number of hydrogen-bond donors (Lipinski definition) is 1. The molecular weight excluding hydrogens is 328 g/mol. The molecule has 130 valence electrons. The van der Waals surface area contributed by atoms with Crippen molar-refractivity contribution in [3.63, 3.8) is 0 Å². The van der Waals surface area contributed by atoms with Crippen LogP contribution in [-0.2, 0) is 21.9 Å². The molecule has 0 radical (unpaired) electrons. The van der Waals surface area contributed by atoms with Crippen LogP contribution in [0.5, 0.6) is 0 Å². The van der Waals surface area contributed by atoms with Crippen LogP contribution in [-0.4, -0.2) is 34.1 Å². The van der Waals surface area contributed by atoms with Gasteiger partial charge in [0.25, 0.3) is 0 Å². The minimum absolute atomic E-state index is 0. The van der Waals surface area contributed by atoms with Gasteiger partial charge in [-0.2, -0.15) is 0 Å². The Labute approximate surface area is 164 Å². The Morgan fingerprint density at radius 1 is 0.773 bits per heavy atom. The molecule has 0 rings (SSSR count). The number of aliphatic carboxylic acids is 1. The molecule has 0 unspecified atom stereocenters. The second kappa shape index (κ2) is 23.8. The minimum Gasteiger partial charge on any atom is -0.481 e. The Morgan fingerprint density at radius 3 is 1.64 bits per heavy atom. The number of rotatable bonds is 15. The second-order valence-corrected chi connectivity index (χ2v) is 5.73. The Balaban J connectivity index is -0.00000180. The Hall–Kier alpha value is 0.496. The second-order valence-electron chi connectivity index (χ2n) is 5.73. The summed E-state index contributed by atoms with van der Waals surface area (Å²) in [6.07, 6.45) is 21.2. The van der Waals surface area contributed by atoms with E-state index in [1.54, 1.807) is 0 Å². The van der Waals surface area contributed by atoms with Crippen molar-refractivity contribution in [3.8, 4) is 0 Å². The normalized spacial score (nSPS) is 10.2. The number of allylic oxidation sites excluding steroid dienone is 2. The quantitative estimate of drug-likeness (QED) is 0.247. The third-order valence-corrected chi connectivity index (χ3v) is 3.65. The fourth-order valence-corrected chi connectivity index (χ4v) is 2.35. The van der Waals surface area contributed by atoms with E-state index < -0.39 is 5.97 Å². The number of carboxylic acid groups (broad SMARTS) is 1. The van der Waals surface area contributed by atoms with Gasteiger partial charge >= 0.3 is 29.0 Å². The molecule has 0 aliphatic rings. The largest absolute Gasteiger partial charge is 0.481 e. The van der Waals surface area contributed by atoms with Gasteiger partial charge in [0.2, 0.25) is 0 Å². The van der Waals surface area contributed by atoms with Crippen LogP contribution >= 0.6 is 0 Å². The van der Waals surface area contributed by atoms with Gasteiger partial charge < -0.3 is 5.11 Å². The van der Waals surface area contributed by atoms with Crippen molar-refractivity contribution >= 4 is 29.0 Å². The molecule has 0 aromatic heterocycles. The van der Waals surface area contributed by atoms with E-state index in [4.69, 9.17) is 5.11 Å². The standard InChI is InChI=1S/C18H34O2.Fe.Mg.2H/c1-2-3-4-5-6-7-8-9-10-11-12-13-14-15-16-17-18(19)20;;;;/h9-10H,2-8,11-17H2,1H3,(H,19,20);;;;. The SMILES string of the molecule is CCCCCCCCC=CCCCCCCCC(=O)O.[Fe].[MgH2]. The number of hydrogen-bond acceptors (Lipinski definition) is 1. The van der Waals surface area contributed by atoms with Crippen LogP contribution in [0.4, 0.5) is 0 Å². The topological polar surface area (TPSA) is 37.3 Å². The van der Waals surface area contributed by atoms with Gasteiger partial charge in [0.1, 0.15) is 0 Å².